The number of anilines is 1. The molecule has 4 rings (SSSR count). The van der Waals surface area contributed by atoms with Crippen LogP contribution in [-0.4, -0.2) is 34.1 Å². The first-order valence-electron chi connectivity index (χ1n) is 8.77. The molecule has 0 atom stereocenters. The lowest BCUT2D eigenvalue weighted by Crippen LogP contribution is -2.23. The van der Waals surface area contributed by atoms with Crippen LogP contribution in [0.1, 0.15) is 29.1 Å². The van der Waals surface area contributed by atoms with Gasteiger partial charge < -0.3 is 14.7 Å². The van der Waals surface area contributed by atoms with Crippen molar-refractivity contribution in [2.75, 3.05) is 18.0 Å². The van der Waals surface area contributed by atoms with Gasteiger partial charge in [-0.25, -0.2) is 9.37 Å². The number of aromatic nitrogens is 3. The standard InChI is InChI=1S/C19H18FN5O2/c20-15-5-3-13(4-6-15)12-22-18(26)19-23-17(24-27-19)14-7-8-21-16(11-14)25-9-1-2-10-25/h3-8,11H,1-2,9-10,12H2,(H,22,26). The van der Waals surface area contributed by atoms with E-state index in [4.69, 9.17) is 4.52 Å². The van der Waals surface area contributed by atoms with Gasteiger partial charge in [-0.3, -0.25) is 4.79 Å². The number of amides is 1. The first kappa shape index (κ1) is 17.1. The van der Waals surface area contributed by atoms with E-state index < -0.39 is 5.91 Å². The molecule has 0 radical (unpaired) electrons. The molecule has 1 amide bonds. The Bertz CT molecular complexity index is 935. The number of rotatable bonds is 5. The highest BCUT2D eigenvalue weighted by molar-refractivity contribution is 5.89. The summed E-state index contributed by atoms with van der Waals surface area (Å²) in [7, 11) is 0. The lowest BCUT2D eigenvalue weighted by molar-refractivity contribution is 0.0907. The third-order valence-corrected chi connectivity index (χ3v) is 4.42. The van der Waals surface area contributed by atoms with Crippen molar-refractivity contribution >= 4 is 11.7 Å². The monoisotopic (exact) mass is 367 g/mol. The van der Waals surface area contributed by atoms with Crippen LogP contribution in [0, 0.1) is 5.82 Å². The van der Waals surface area contributed by atoms with Gasteiger partial charge in [-0.15, -0.1) is 0 Å². The quantitative estimate of drug-likeness (QED) is 0.747. The predicted octanol–water partition coefficient (Wildman–Crippen LogP) is 2.80. The van der Waals surface area contributed by atoms with Crippen LogP contribution in [0.4, 0.5) is 10.2 Å². The molecule has 1 aliphatic rings. The molecule has 27 heavy (non-hydrogen) atoms. The number of carbonyl (C=O) groups is 1. The van der Waals surface area contributed by atoms with Gasteiger partial charge in [0.2, 0.25) is 5.82 Å². The average Bonchev–Trinajstić information content (AvgIpc) is 3.39. The van der Waals surface area contributed by atoms with Gasteiger partial charge in [0.05, 0.1) is 0 Å². The molecule has 2 aromatic heterocycles. The van der Waals surface area contributed by atoms with Gasteiger partial charge >= 0.3 is 11.8 Å². The van der Waals surface area contributed by atoms with Gasteiger partial charge in [-0.2, -0.15) is 4.98 Å². The van der Waals surface area contributed by atoms with E-state index in [1.807, 2.05) is 6.07 Å². The summed E-state index contributed by atoms with van der Waals surface area (Å²) in [6, 6.07) is 9.57. The Morgan fingerprint density at radius 1 is 1.19 bits per heavy atom. The fraction of sp³-hybridized carbons (Fsp3) is 0.263. The Morgan fingerprint density at radius 2 is 1.96 bits per heavy atom. The molecule has 1 aliphatic heterocycles. The zero-order valence-corrected chi connectivity index (χ0v) is 14.6. The number of nitrogens with zero attached hydrogens (tertiary/aromatic N) is 4. The van der Waals surface area contributed by atoms with Gasteiger partial charge in [-0.05, 0) is 42.7 Å². The molecule has 138 valence electrons. The lowest BCUT2D eigenvalue weighted by Gasteiger charge is -2.16. The SMILES string of the molecule is O=C(NCc1ccc(F)cc1)c1nc(-c2ccnc(N3CCCC3)c2)no1. The first-order chi connectivity index (χ1) is 13.2. The minimum Gasteiger partial charge on any atom is -0.357 e. The molecule has 1 N–H and O–H groups in total. The van der Waals surface area contributed by atoms with E-state index >= 15 is 0 Å². The second-order valence-electron chi connectivity index (χ2n) is 6.33. The maximum absolute atomic E-state index is 12.9. The van der Waals surface area contributed by atoms with E-state index in [1.165, 1.54) is 12.1 Å². The molecule has 3 aromatic rings. The van der Waals surface area contributed by atoms with Crippen LogP contribution in [0.2, 0.25) is 0 Å². The molecule has 1 fully saturated rings. The Hall–Kier alpha value is -3.29. The van der Waals surface area contributed by atoms with E-state index in [0.717, 1.165) is 42.9 Å². The Labute approximate surface area is 155 Å². The van der Waals surface area contributed by atoms with E-state index in [2.05, 4.69) is 25.3 Å². The van der Waals surface area contributed by atoms with Crippen molar-refractivity contribution in [2.24, 2.45) is 0 Å². The van der Waals surface area contributed by atoms with Crippen LogP contribution in [0.15, 0.2) is 47.1 Å². The number of halogens is 1. The van der Waals surface area contributed by atoms with Crippen LogP contribution in [-0.2, 0) is 6.54 Å². The molecule has 3 heterocycles. The van der Waals surface area contributed by atoms with Crippen LogP contribution in [0.5, 0.6) is 0 Å². The minimum absolute atomic E-state index is 0.119. The van der Waals surface area contributed by atoms with Crippen LogP contribution in [0.3, 0.4) is 0 Å². The molecule has 0 spiro atoms. The molecule has 1 aromatic carbocycles. The summed E-state index contributed by atoms with van der Waals surface area (Å²) in [4.78, 5) is 23.0. The number of nitrogens with one attached hydrogen (secondary N) is 1. The van der Waals surface area contributed by atoms with E-state index in [0.29, 0.717) is 5.82 Å². The van der Waals surface area contributed by atoms with Crippen molar-refractivity contribution in [1.29, 1.82) is 0 Å². The average molecular weight is 367 g/mol. The number of pyridine rings is 1. The van der Waals surface area contributed by atoms with Crippen LogP contribution < -0.4 is 10.2 Å². The van der Waals surface area contributed by atoms with E-state index in [-0.39, 0.29) is 18.3 Å². The minimum atomic E-state index is -0.480. The molecule has 0 saturated carbocycles. The molecule has 0 bridgehead atoms. The van der Waals surface area contributed by atoms with Crippen molar-refractivity contribution in [1.82, 2.24) is 20.4 Å². The van der Waals surface area contributed by atoms with Gasteiger partial charge in [0.25, 0.3) is 0 Å². The van der Waals surface area contributed by atoms with E-state index in [9.17, 15) is 9.18 Å². The zero-order chi connectivity index (χ0) is 18.6. The topological polar surface area (TPSA) is 84.2 Å². The van der Waals surface area contributed by atoms with Gasteiger partial charge in [0.1, 0.15) is 11.6 Å². The second kappa shape index (κ2) is 7.53. The lowest BCUT2D eigenvalue weighted by atomic mass is 10.2. The zero-order valence-electron chi connectivity index (χ0n) is 14.6. The smallest absolute Gasteiger partial charge is 0.316 e. The second-order valence-corrected chi connectivity index (χ2v) is 6.33. The summed E-state index contributed by atoms with van der Waals surface area (Å²) in [6.07, 6.45) is 4.02. The Balaban J connectivity index is 1.44. The molecule has 8 heteroatoms. The number of carbonyl (C=O) groups excluding carboxylic acids is 1. The summed E-state index contributed by atoms with van der Waals surface area (Å²) in [5.74, 6) is 0.290. The van der Waals surface area contributed by atoms with Gasteiger partial charge in [0.15, 0.2) is 0 Å². The molecular weight excluding hydrogens is 349 g/mol. The van der Waals surface area contributed by atoms with Gasteiger partial charge in [-0.1, -0.05) is 17.3 Å². The normalized spacial score (nSPS) is 13.7. The van der Waals surface area contributed by atoms with Crippen LogP contribution in [0.25, 0.3) is 11.4 Å². The predicted molar refractivity (Wildman–Crippen MR) is 96.5 cm³/mol. The number of hydrogen-bond donors (Lipinski definition) is 1. The highest BCUT2D eigenvalue weighted by atomic mass is 19.1. The third kappa shape index (κ3) is 3.94. The molecular formula is C19H18FN5O2. The van der Waals surface area contributed by atoms with Crippen molar-refractivity contribution in [3.05, 3.63) is 59.9 Å². The maximum Gasteiger partial charge on any atom is 0.316 e. The fourth-order valence-corrected chi connectivity index (χ4v) is 2.97. The molecule has 1 saturated heterocycles. The van der Waals surface area contributed by atoms with E-state index in [1.54, 1.807) is 24.4 Å². The van der Waals surface area contributed by atoms with Gasteiger partial charge in [0, 0.05) is 31.4 Å². The molecule has 0 unspecified atom stereocenters. The van der Waals surface area contributed by atoms with Crippen molar-refractivity contribution in [2.45, 2.75) is 19.4 Å². The Morgan fingerprint density at radius 3 is 2.74 bits per heavy atom. The van der Waals surface area contributed by atoms with Crippen molar-refractivity contribution in [3.63, 3.8) is 0 Å². The maximum atomic E-state index is 12.9. The third-order valence-electron chi connectivity index (χ3n) is 4.42. The van der Waals surface area contributed by atoms with Crippen molar-refractivity contribution in [3.8, 4) is 11.4 Å². The highest BCUT2D eigenvalue weighted by Crippen LogP contribution is 2.23. The summed E-state index contributed by atoms with van der Waals surface area (Å²) in [5, 5.41) is 6.58. The first-order valence-corrected chi connectivity index (χ1v) is 8.77. The largest absolute Gasteiger partial charge is 0.357 e. The number of hydrogen-bond acceptors (Lipinski definition) is 6. The van der Waals surface area contributed by atoms with Crippen LogP contribution >= 0.6 is 0 Å². The van der Waals surface area contributed by atoms with Crippen molar-refractivity contribution < 1.29 is 13.7 Å². The summed E-state index contributed by atoms with van der Waals surface area (Å²) < 4.78 is 18.0. The fourth-order valence-electron chi connectivity index (χ4n) is 2.97. The summed E-state index contributed by atoms with van der Waals surface area (Å²) in [6.45, 7) is 2.21. The summed E-state index contributed by atoms with van der Waals surface area (Å²) in [5.41, 5.74) is 1.52. The highest BCUT2D eigenvalue weighted by Gasteiger charge is 2.18. The summed E-state index contributed by atoms with van der Waals surface area (Å²) >= 11 is 0. The Kier molecular flexibility index (Phi) is 4.78. The molecule has 7 nitrogen and oxygen atoms in total. The molecule has 0 aliphatic carbocycles. The number of benzene rings is 1.